The molecule has 1 aromatic heterocycles. The molecule has 20 heavy (non-hydrogen) atoms. The van der Waals surface area contributed by atoms with Gasteiger partial charge in [0.15, 0.2) is 5.82 Å². The molecule has 106 valence electrons. The molecule has 2 rings (SSSR count). The van der Waals surface area contributed by atoms with Crippen LogP contribution in [0.4, 0.5) is 10.2 Å². The van der Waals surface area contributed by atoms with E-state index in [0.29, 0.717) is 12.1 Å². The number of rotatable bonds is 5. The van der Waals surface area contributed by atoms with Gasteiger partial charge in [0.25, 0.3) is 5.56 Å². The van der Waals surface area contributed by atoms with E-state index in [9.17, 15) is 9.18 Å². The molecule has 1 N–H and O–H groups in total. The number of halogens is 2. The third kappa shape index (κ3) is 3.45. The molecule has 0 aliphatic rings. The van der Waals surface area contributed by atoms with Crippen LogP contribution in [0.2, 0.25) is 0 Å². The van der Waals surface area contributed by atoms with E-state index in [1.54, 1.807) is 29.1 Å². The van der Waals surface area contributed by atoms with Gasteiger partial charge in [0.2, 0.25) is 0 Å². The fourth-order valence-corrected chi connectivity index (χ4v) is 2.25. The van der Waals surface area contributed by atoms with Crippen molar-refractivity contribution < 1.29 is 4.39 Å². The minimum absolute atomic E-state index is 0.190. The Labute approximate surface area is 124 Å². The van der Waals surface area contributed by atoms with Gasteiger partial charge in [-0.25, -0.2) is 9.37 Å². The van der Waals surface area contributed by atoms with Crippen LogP contribution in [-0.4, -0.2) is 9.55 Å². The van der Waals surface area contributed by atoms with Crippen molar-refractivity contribution in [2.45, 2.75) is 26.4 Å². The fourth-order valence-electron chi connectivity index (χ4n) is 1.84. The van der Waals surface area contributed by atoms with Crippen molar-refractivity contribution in [3.63, 3.8) is 0 Å². The summed E-state index contributed by atoms with van der Waals surface area (Å²) in [5.41, 5.74) is 0.288. The molecule has 2 aromatic rings. The molecule has 0 saturated heterocycles. The minimum Gasteiger partial charge on any atom is -0.361 e. The summed E-state index contributed by atoms with van der Waals surface area (Å²) in [6, 6.07) is 4.69. The number of hydrogen-bond acceptors (Lipinski definition) is 3. The summed E-state index contributed by atoms with van der Waals surface area (Å²) in [4.78, 5) is 16.1. The third-order valence-corrected chi connectivity index (χ3v) is 3.33. The number of aryl methyl sites for hydroxylation is 1. The zero-order chi connectivity index (χ0) is 14.5. The molecular weight excluding hydrogens is 325 g/mol. The van der Waals surface area contributed by atoms with Crippen LogP contribution in [-0.2, 0) is 13.1 Å². The van der Waals surface area contributed by atoms with E-state index in [1.807, 2.05) is 6.92 Å². The first kappa shape index (κ1) is 14.7. The molecular formula is C14H15BrFN3O. The van der Waals surface area contributed by atoms with Gasteiger partial charge in [-0.05, 0) is 24.6 Å². The monoisotopic (exact) mass is 339 g/mol. The molecule has 0 fully saturated rings. The Balaban J connectivity index is 2.17. The van der Waals surface area contributed by atoms with E-state index in [4.69, 9.17) is 0 Å². The summed E-state index contributed by atoms with van der Waals surface area (Å²) in [6.45, 7) is 2.85. The summed E-state index contributed by atoms with van der Waals surface area (Å²) in [5.74, 6) is -0.0779. The summed E-state index contributed by atoms with van der Waals surface area (Å²) in [6.07, 6.45) is 4.08. The Morgan fingerprint density at radius 1 is 1.45 bits per heavy atom. The van der Waals surface area contributed by atoms with E-state index in [2.05, 4.69) is 26.2 Å². The highest BCUT2D eigenvalue weighted by Gasteiger charge is 2.07. The quantitative estimate of drug-likeness (QED) is 0.910. The van der Waals surface area contributed by atoms with Crippen LogP contribution in [0.1, 0.15) is 18.9 Å². The fraction of sp³-hybridized carbons (Fsp3) is 0.286. The highest BCUT2D eigenvalue weighted by atomic mass is 79.9. The third-order valence-electron chi connectivity index (χ3n) is 2.83. The Morgan fingerprint density at radius 2 is 2.25 bits per heavy atom. The van der Waals surface area contributed by atoms with Gasteiger partial charge in [0.1, 0.15) is 5.82 Å². The molecule has 1 heterocycles. The number of hydrogen-bond donors (Lipinski definition) is 1. The first-order valence-electron chi connectivity index (χ1n) is 6.35. The second-order valence-corrected chi connectivity index (χ2v) is 5.28. The molecule has 0 radical (unpaired) electrons. The van der Waals surface area contributed by atoms with Crippen molar-refractivity contribution in [3.8, 4) is 0 Å². The van der Waals surface area contributed by atoms with Crippen molar-refractivity contribution in [3.05, 3.63) is 56.8 Å². The van der Waals surface area contributed by atoms with Gasteiger partial charge in [-0.2, -0.15) is 0 Å². The number of aromatic nitrogens is 2. The number of nitrogens with zero attached hydrogens (tertiary/aromatic N) is 2. The summed E-state index contributed by atoms with van der Waals surface area (Å²) in [7, 11) is 0. The molecule has 6 heteroatoms. The second kappa shape index (κ2) is 6.65. The Kier molecular flexibility index (Phi) is 4.89. The van der Waals surface area contributed by atoms with Crippen molar-refractivity contribution in [2.75, 3.05) is 5.32 Å². The smallest absolute Gasteiger partial charge is 0.293 e. The molecule has 4 nitrogen and oxygen atoms in total. The number of nitrogens with one attached hydrogen (secondary N) is 1. The van der Waals surface area contributed by atoms with Crippen LogP contribution in [0.5, 0.6) is 0 Å². The topological polar surface area (TPSA) is 46.9 Å². The highest BCUT2D eigenvalue weighted by Crippen LogP contribution is 2.16. The van der Waals surface area contributed by atoms with Crippen LogP contribution >= 0.6 is 15.9 Å². The normalized spacial score (nSPS) is 10.6. The van der Waals surface area contributed by atoms with Crippen molar-refractivity contribution in [2.24, 2.45) is 0 Å². The van der Waals surface area contributed by atoms with Gasteiger partial charge >= 0.3 is 0 Å². The van der Waals surface area contributed by atoms with Crippen molar-refractivity contribution >= 4 is 21.7 Å². The van der Waals surface area contributed by atoms with Gasteiger partial charge < -0.3 is 9.88 Å². The summed E-state index contributed by atoms with van der Waals surface area (Å²) >= 11 is 3.29. The van der Waals surface area contributed by atoms with Gasteiger partial charge in [-0.1, -0.05) is 22.9 Å². The van der Waals surface area contributed by atoms with Gasteiger partial charge in [0.05, 0.1) is 0 Å². The predicted molar refractivity (Wildman–Crippen MR) is 80.2 cm³/mol. The Hall–Kier alpha value is -1.69. The molecule has 0 atom stereocenters. The van der Waals surface area contributed by atoms with E-state index < -0.39 is 0 Å². The molecule has 0 amide bonds. The van der Waals surface area contributed by atoms with Crippen LogP contribution in [0.25, 0.3) is 0 Å². The van der Waals surface area contributed by atoms with Crippen LogP contribution in [0.3, 0.4) is 0 Å². The predicted octanol–water partition coefficient (Wildman–Crippen LogP) is 3.17. The summed E-state index contributed by atoms with van der Waals surface area (Å²) in [5, 5.41) is 2.89. The standard InChI is InChI=1S/C14H15BrFN3O/c1-2-6-19-7-5-17-13(14(19)20)18-9-10-8-11(15)3-4-12(10)16/h3-5,7-8H,2,6,9H2,1H3,(H,17,18). The Bertz CT molecular complexity index is 657. The SMILES string of the molecule is CCCn1ccnc(NCc2cc(Br)ccc2F)c1=O. The van der Waals surface area contributed by atoms with Crippen LogP contribution < -0.4 is 10.9 Å². The van der Waals surface area contributed by atoms with Gasteiger partial charge in [-0.15, -0.1) is 0 Å². The highest BCUT2D eigenvalue weighted by molar-refractivity contribution is 9.10. The van der Waals surface area contributed by atoms with Gasteiger partial charge in [0, 0.05) is 35.5 Å². The average Bonchev–Trinajstić information content (AvgIpc) is 2.43. The lowest BCUT2D eigenvalue weighted by Crippen LogP contribution is -2.24. The molecule has 0 spiro atoms. The lowest BCUT2D eigenvalue weighted by atomic mass is 10.2. The van der Waals surface area contributed by atoms with Crippen LogP contribution in [0, 0.1) is 5.82 Å². The number of benzene rings is 1. The zero-order valence-corrected chi connectivity index (χ0v) is 12.7. The van der Waals surface area contributed by atoms with E-state index >= 15 is 0 Å². The zero-order valence-electron chi connectivity index (χ0n) is 11.1. The van der Waals surface area contributed by atoms with Gasteiger partial charge in [-0.3, -0.25) is 4.79 Å². The van der Waals surface area contributed by atoms with Crippen LogP contribution in [0.15, 0.2) is 39.9 Å². The number of anilines is 1. The maximum absolute atomic E-state index is 13.6. The molecule has 0 unspecified atom stereocenters. The van der Waals surface area contributed by atoms with Crippen molar-refractivity contribution in [1.82, 2.24) is 9.55 Å². The first-order chi connectivity index (χ1) is 9.61. The van der Waals surface area contributed by atoms with Crippen molar-refractivity contribution in [1.29, 1.82) is 0 Å². The first-order valence-corrected chi connectivity index (χ1v) is 7.14. The molecule has 0 aliphatic heterocycles. The second-order valence-electron chi connectivity index (χ2n) is 4.36. The lowest BCUT2D eigenvalue weighted by molar-refractivity contribution is 0.612. The molecule has 0 aliphatic carbocycles. The van der Waals surface area contributed by atoms with E-state index in [-0.39, 0.29) is 23.7 Å². The maximum Gasteiger partial charge on any atom is 0.293 e. The maximum atomic E-state index is 13.6. The largest absolute Gasteiger partial charge is 0.361 e. The molecule has 0 saturated carbocycles. The Morgan fingerprint density at radius 3 is 3.00 bits per heavy atom. The van der Waals surface area contributed by atoms with E-state index in [1.165, 1.54) is 6.07 Å². The lowest BCUT2D eigenvalue weighted by Gasteiger charge is -2.09. The molecule has 0 bridgehead atoms. The van der Waals surface area contributed by atoms with E-state index in [0.717, 1.165) is 10.9 Å². The summed E-state index contributed by atoms with van der Waals surface area (Å²) < 4.78 is 16.0. The average molecular weight is 340 g/mol. The minimum atomic E-state index is -0.314. The molecule has 1 aromatic carbocycles.